The highest BCUT2D eigenvalue weighted by atomic mass is 35.5. The predicted octanol–water partition coefficient (Wildman–Crippen LogP) is 3.28. The Bertz CT molecular complexity index is 636. The first-order chi connectivity index (χ1) is 12.4. The number of methoxy groups -OCH3 is 1. The van der Waals surface area contributed by atoms with Crippen LogP contribution in [0.4, 0.5) is 9.18 Å². The quantitative estimate of drug-likeness (QED) is 0.753. The molecule has 6 nitrogen and oxygen atoms in total. The van der Waals surface area contributed by atoms with Crippen LogP contribution >= 0.6 is 11.6 Å². The molecule has 2 N–H and O–H groups in total. The number of carboxylic acid groups (broad SMARTS) is 1. The number of urea groups is 1. The van der Waals surface area contributed by atoms with Crippen molar-refractivity contribution in [2.75, 3.05) is 20.3 Å². The second-order valence-corrected chi connectivity index (χ2v) is 6.91. The molecule has 26 heavy (non-hydrogen) atoms. The molecule has 0 saturated heterocycles. The van der Waals surface area contributed by atoms with Crippen molar-refractivity contribution in [3.63, 3.8) is 0 Å². The fraction of sp³-hybridized carbons (Fsp3) is 0.556. The zero-order chi connectivity index (χ0) is 19.1. The minimum atomic E-state index is -0.773. The van der Waals surface area contributed by atoms with Gasteiger partial charge in [0.25, 0.3) is 0 Å². The lowest BCUT2D eigenvalue weighted by Crippen LogP contribution is -2.47. The molecule has 1 saturated carbocycles. The van der Waals surface area contributed by atoms with Gasteiger partial charge in [0.15, 0.2) is 0 Å². The number of hydrogen-bond donors (Lipinski definition) is 2. The van der Waals surface area contributed by atoms with E-state index in [1.165, 1.54) is 12.1 Å². The first-order valence-corrected chi connectivity index (χ1v) is 8.99. The number of halogens is 2. The Labute approximate surface area is 157 Å². The average molecular weight is 387 g/mol. The lowest BCUT2D eigenvalue weighted by Gasteiger charge is -2.30. The maximum absolute atomic E-state index is 13.3. The topological polar surface area (TPSA) is 78.9 Å². The van der Waals surface area contributed by atoms with Gasteiger partial charge in [-0.05, 0) is 43.4 Å². The molecule has 0 unspecified atom stereocenters. The number of carboxylic acids is 1. The van der Waals surface area contributed by atoms with Crippen molar-refractivity contribution < 1.29 is 23.8 Å². The fourth-order valence-corrected chi connectivity index (χ4v) is 3.27. The van der Waals surface area contributed by atoms with Crippen molar-refractivity contribution in [1.82, 2.24) is 10.2 Å². The molecular weight excluding hydrogens is 363 g/mol. The number of carbonyl (C=O) groups excluding carboxylic acids is 1. The molecule has 8 heteroatoms. The Balaban J connectivity index is 1.95. The summed E-state index contributed by atoms with van der Waals surface area (Å²) in [5.74, 6) is -1.60. The fourth-order valence-electron chi connectivity index (χ4n) is 3.06. The summed E-state index contributed by atoms with van der Waals surface area (Å²) in [4.78, 5) is 25.2. The molecule has 0 aliphatic heterocycles. The second-order valence-electron chi connectivity index (χ2n) is 6.50. The Kier molecular flexibility index (Phi) is 7.66. The summed E-state index contributed by atoms with van der Waals surface area (Å²) >= 11 is 5.81. The molecule has 2 rings (SSSR count). The maximum Gasteiger partial charge on any atom is 0.317 e. The SMILES string of the molecule is COCCN(Cc1ccc(F)c(Cl)c1)C(=O)NC1CCC(C(=O)O)CC1. The zero-order valence-corrected chi connectivity index (χ0v) is 15.5. The van der Waals surface area contributed by atoms with Gasteiger partial charge in [0.05, 0.1) is 17.5 Å². The lowest BCUT2D eigenvalue weighted by molar-refractivity contribution is -0.142. The lowest BCUT2D eigenvalue weighted by atomic mass is 9.86. The number of nitrogens with one attached hydrogen (secondary N) is 1. The van der Waals surface area contributed by atoms with Crippen LogP contribution in [-0.4, -0.2) is 48.3 Å². The van der Waals surface area contributed by atoms with Crippen LogP contribution in [0.2, 0.25) is 5.02 Å². The number of rotatable bonds is 7. The first-order valence-electron chi connectivity index (χ1n) is 8.61. The van der Waals surface area contributed by atoms with Crippen LogP contribution in [0, 0.1) is 11.7 Å². The van der Waals surface area contributed by atoms with Crippen LogP contribution in [0.1, 0.15) is 31.2 Å². The van der Waals surface area contributed by atoms with E-state index in [9.17, 15) is 14.0 Å². The number of hydrogen-bond acceptors (Lipinski definition) is 3. The van der Waals surface area contributed by atoms with E-state index in [4.69, 9.17) is 21.4 Å². The van der Waals surface area contributed by atoms with Gasteiger partial charge < -0.3 is 20.1 Å². The molecule has 0 aromatic heterocycles. The molecule has 0 heterocycles. The van der Waals surface area contributed by atoms with Gasteiger partial charge in [-0.25, -0.2) is 9.18 Å². The van der Waals surface area contributed by atoms with Crippen LogP contribution < -0.4 is 5.32 Å². The monoisotopic (exact) mass is 386 g/mol. The molecule has 2 amide bonds. The summed E-state index contributed by atoms with van der Waals surface area (Å²) in [6.07, 6.45) is 2.41. The highest BCUT2D eigenvalue weighted by molar-refractivity contribution is 6.30. The van der Waals surface area contributed by atoms with Crippen molar-refractivity contribution in [3.8, 4) is 0 Å². The van der Waals surface area contributed by atoms with E-state index in [0.717, 1.165) is 5.56 Å². The Morgan fingerprint density at radius 2 is 2.04 bits per heavy atom. The van der Waals surface area contributed by atoms with Crippen molar-refractivity contribution in [2.45, 2.75) is 38.3 Å². The number of benzene rings is 1. The smallest absolute Gasteiger partial charge is 0.317 e. The van der Waals surface area contributed by atoms with Crippen molar-refractivity contribution in [3.05, 3.63) is 34.6 Å². The number of aliphatic carboxylic acids is 1. The summed E-state index contributed by atoms with van der Waals surface area (Å²) in [6.45, 7) is 1.02. The van der Waals surface area contributed by atoms with Crippen LogP contribution in [0.25, 0.3) is 0 Å². The Morgan fingerprint density at radius 1 is 1.35 bits per heavy atom. The molecule has 1 fully saturated rings. The summed E-state index contributed by atoms with van der Waals surface area (Å²) in [5, 5.41) is 12.0. The average Bonchev–Trinajstić information content (AvgIpc) is 2.62. The molecule has 0 radical (unpaired) electrons. The molecule has 0 bridgehead atoms. The van der Waals surface area contributed by atoms with Gasteiger partial charge in [-0.3, -0.25) is 4.79 Å². The number of amides is 2. The van der Waals surface area contributed by atoms with E-state index >= 15 is 0 Å². The maximum atomic E-state index is 13.3. The summed E-state index contributed by atoms with van der Waals surface area (Å²) in [5.41, 5.74) is 0.720. The summed E-state index contributed by atoms with van der Waals surface area (Å²) in [7, 11) is 1.55. The van der Waals surface area contributed by atoms with Gasteiger partial charge >= 0.3 is 12.0 Å². The van der Waals surface area contributed by atoms with Crippen LogP contribution in [0.5, 0.6) is 0 Å². The van der Waals surface area contributed by atoms with E-state index in [-0.39, 0.29) is 29.6 Å². The van der Waals surface area contributed by atoms with Crippen LogP contribution in [0.15, 0.2) is 18.2 Å². The minimum Gasteiger partial charge on any atom is -0.481 e. The minimum absolute atomic E-state index is 0.0154. The molecule has 144 valence electrons. The Morgan fingerprint density at radius 3 is 2.62 bits per heavy atom. The van der Waals surface area contributed by atoms with E-state index in [1.54, 1.807) is 18.1 Å². The van der Waals surface area contributed by atoms with Gasteiger partial charge in [0.1, 0.15) is 5.82 Å². The normalized spacial score (nSPS) is 19.8. The van der Waals surface area contributed by atoms with Gasteiger partial charge in [0.2, 0.25) is 0 Å². The third-order valence-corrected chi connectivity index (χ3v) is 4.90. The highest BCUT2D eigenvalue weighted by Gasteiger charge is 2.27. The molecule has 1 aromatic carbocycles. The second kappa shape index (κ2) is 9.73. The van der Waals surface area contributed by atoms with E-state index < -0.39 is 11.8 Å². The molecule has 0 atom stereocenters. The standard InChI is InChI=1S/C18H24ClFN2O4/c1-26-9-8-22(11-12-2-7-16(20)15(19)10-12)18(25)21-14-5-3-13(4-6-14)17(23)24/h2,7,10,13-14H,3-6,8-9,11H2,1H3,(H,21,25)(H,23,24). The molecule has 1 aliphatic rings. The first kappa shape index (κ1) is 20.5. The predicted molar refractivity (Wildman–Crippen MR) is 95.6 cm³/mol. The molecule has 1 aliphatic carbocycles. The summed E-state index contributed by atoms with van der Waals surface area (Å²) < 4.78 is 18.4. The number of ether oxygens (including phenoxy) is 1. The Hall–Kier alpha value is -1.86. The van der Waals surface area contributed by atoms with E-state index in [0.29, 0.717) is 38.8 Å². The van der Waals surface area contributed by atoms with Crippen LogP contribution in [0.3, 0.4) is 0 Å². The highest BCUT2D eigenvalue weighted by Crippen LogP contribution is 2.24. The molecule has 1 aromatic rings. The van der Waals surface area contributed by atoms with Gasteiger partial charge in [-0.2, -0.15) is 0 Å². The number of nitrogens with zero attached hydrogens (tertiary/aromatic N) is 1. The van der Waals surface area contributed by atoms with E-state index in [1.807, 2.05) is 0 Å². The van der Waals surface area contributed by atoms with Crippen molar-refractivity contribution >= 4 is 23.6 Å². The van der Waals surface area contributed by atoms with Gasteiger partial charge in [0, 0.05) is 26.2 Å². The van der Waals surface area contributed by atoms with Gasteiger partial charge in [-0.1, -0.05) is 17.7 Å². The molecule has 0 spiro atoms. The summed E-state index contributed by atoms with van der Waals surface area (Å²) in [6, 6.07) is 4.08. The van der Waals surface area contributed by atoms with Crippen molar-refractivity contribution in [2.24, 2.45) is 5.92 Å². The van der Waals surface area contributed by atoms with Gasteiger partial charge in [-0.15, -0.1) is 0 Å². The number of carbonyl (C=O) groups is 2. The molecular formula is C18H24ClFN2O4. The third kappa shape index (κ3) is 5.85. The largest absolute Gasteiger partial charge is 0.481 e. The van der Waals surface area contributed by atoms with E-state index in [2.05, 4.69) is 5.32 Å². The zero-order valence-electron chi connectivity index (χ0n) is 14.7. The van der Waals surface area contributed by atoms with Crippen LogP contribution in [-0.2, 0) is 16.1 Å². The third-order valence-electron chi connectivity index (χ3n) is 4.61. The van der Waals surface area contributed by atoms with Crippen molar-refractivity contribution in [1.29, 1.82) is 0 Å².